The normalized spacial score (nSPS) is 12.6. The van der Waals surface area contributed by atoms with Gasteiger partial charge in [0.25, 0.3) is 0 Å². The van der Waals surface area contributed by atoms with Gasteiger partial charge in [-0.2, -0.15) is 0 Å². The monoisotopic (exact) mass is 253 g/mol. The van der Waals surface area contributed by atoms with Gasteiger partial charge < -0.3 is 10.0 Å². The highest BCUT2D eigenvalue weighted by molar-refractivity contribution is 5.51. The highest BCUT2D eigenvalue weighted by Crippen LogP contribution is 2.19. The summed E-state index contributed by atoms with van der Waals surface area (Å²) < 4.78 is 0. The Morgan fingerprint density at radius 1 is 0.947 bits per heavy atom. The molecule has 1 N–H and O–H groups in total. The molecule has 19 heavy (non-hydrogen) atoms. The summed E-state index contributed by atoms with van der Waals surface area (Å²) in [7, 11) is 4.00. The number of rotatable bonds is 4. The molecule has 1 atom stereocenters. The Morgan fingerprint density at radius 3 is 2.16 bits per heavy atom. The van der Waals surface area contributed by atoms with Gasteiger partial charge in [0.05, 0.1) is 6.10 Å². The van der Waals surface area contributed by atoms with Gasteiger partial charge in [-0.15, -0.1) is 0 Å². The standard InChI is InChI=1S/C17H19NO/c1-18(2)16-11-9-15(10-12-16)17(19)13-8-14-6-4-3-5-7-14/h3-13,17,19H,1-2H3. The first-order valence-corrected chi connectivity index (χ1v) is 6.35. The largest absolute Gasteiger partial charge is 0.384 e. The third kappa shape index (κ3) is 3.70. The van der Waals surface area contributed by atoms with E-state index in [9.17, 15) is 5.11 Å². The van der Waals surface area contributed by atoms with E-state index in [2.05, 4.69) is 0 Å². The molecule has 0 aliphatic carbocycles. The summed E-state index contributed by atoms with van der Waals surface area (Å²) in [6.07, 6.45) is 3.17. The molecule has 98 valence electrons. The first-order chi connectivity index (χ1) is 9.16. The van der Waals surface area contributed by atoms with Crippen molar-refractivity contribution in [2.75, 3.05) is 19.0 Å². The molecular formula is C17H19NO. The molecule has 0 aromatic heterocycles. The Hall–Kier alpha value is -2.06. The van der Waals surface area contributed by atoms with Gasteiger partial charge in [0.15, 0.2) is 0 Å². The average molecular weight is 253 g/mol. The zero-order valence-electron chi connectivity index (χ0n) is 11.3. The van der Waals surface area contributed by atoms with Gasteiger partial charge in [-0.1, -0.05) is 54.6 Å². The maximum Gasteiger partial charge on any atom is 0.0975 e. The van der Waals surface area contributed by atoms with Gasteiger partial charge in [0, 0.05) is 19.8 Å². The van der Waals surface area contributed by atoms with Crippen LogP contribution in [-0.4, -0.2) is 19.2 Å². The van der Waals surface area contributed by atoms with Gasteiger partial charge >= 0.3 is 0 Å². The van der Waals surface area contributed by atoms with Crippen molar-refractivity contribution in [3.63, 3.8) is 0 Å². The number of aliphatic hydroxyl groups excluding tert-OH is 1. The van der Waals surface area contributed by atoms with Crippen molar-refractivity contribution in [3.8, 4) is 0 Å². The number of hydrogen-bond donors (Lipinski definition) is 1. The molecule has 2 aromatic rings. The molecule has 0 fully saturated rings. The van der Waals surface area contributed by atoms with Crippen molar-refractivity contribution in [1.82, 2.24) is 0 Å². The van der Waals surface area contributed by atoms with Crippen molar-refractivity contribution in [1.29, 1.82) is 0 Å². The van der Waals surface area contributed by atoms with Crippen LogP contribution in [0.2, 0.25) is 0 Å². The molecule has 0 aliphatic heterocycles. The van der Waals surface area contributed by atoms with E-state index in [4.69, 9.17) is 0 Å². The molecule has 0 radical (unpaired) electrons. The summed E-state index contributed by atoms with van der Waals surface area (Å²) in [5, 5.41) is 10.1. The van der Waals surface area contributed by atoms with Crippen LogP contribution in [0, 0.1) is 0 Å². The van der Waals surface area contributed by atoms with E-state index in [-0.39, 0.29) is 0 Å². The van der Waals surface area contributed by atoms with Crippen LogP contribution < -0.4 is 4.90 Å². The van der Waals surface area contributed by atoms with Gasteiger partial charge in [0.2, 0.25) is 0 Å². The summed E-state index contributed by atoms with van der Waals surface area (Å²) in [6, 6.07) is 17.9. The van der Waals surface area contributed by atoms with E-state index in [1.807, 2.05) is 79.7 Å². The number of benzene rings is 2. The lowest BCUT2D eigenvalue weighted by Crippen LogP contribution is -2.08. The Morgan fingerprint density at radius 2 is 1.58 bits per heavy atom. The molecule has 2 aromatic carbocycles. The second kappa shape index (κ2) is 6.21. The smallest absolute Gasteiger partial charge is 0.0975 e. The highest BCUT2D eigenvalue weighted by atomic mass is 16.3. The average Bonchev–Trinajstić information content (AvgIpc) is 2.46. The number of nitrogens with zero attached hydrogens (tertiary/aromatic N) is 1. The quantitative estimate of drug-likeness (QED) is 0.901. The van der Waals surface area contributed by atoms with Gasteiger partial charge in [-0.3, -0.25) is 0 Å². The van der Waals surface area contributed by atoms with Crippen LogP contribution in [0.25, 0.3) is 6.08 Å². The van der Waals surface area contributed by atoms with Crippen LogP contribution in [0.4, 0.5) is 5.69 Å². The zero-order valence-corrected chi connectivity index (χ0v) is 11.3. The molecule has 2 heteroatoms. The van der Waals surface area contributed by atoms with E-state index in [0.29, 0.717) is 0 Å². The molecule has 2 rings (SSSR count). The number of aliphatic hydroxyl groups is 1. The van der Waals surface area contributed by atoms with Crippen molar-refractivity contribution in [2.45, 2.75) is 6.10 Å². The summed E-state index contributed by atoms with van der Waals surface area (Å²) in [4.78, 5) is 2.04. The highest BCUT2D eigenvalue weighted by Gasteiger charge is 2.03. The SMILES string of the molecule is CN(C)c1ccc(C(O)C=Cc2ccccc2)cc1. The predicted octanol–water partition coefficient (Wildman–Crippen LogP) is 3.50. The lowest BCUT2D eigenvalue weighted by atomic mass is 10.1. The fraction of sp³-hybridized carbons (Fsp3) is 0.176. The van der Waals surface area contributed by atoms with Gasteiger partial charge in [-0.25, -0.2) is 0 Å². The van der Waals surface area contributed by atoms with Crippen LogP contribution in [0.3, 0.4) is 0 Å². The Labute approximate surface area is 114 Å². The van der Waals surface area contributed by atoms with E-state index < -0.39 is 6.10 Å². The summed E-state index contributed by atoms with van der Waals surface area (Å²) in [6.45, 7) is 0. The molecule has 2 nitrogen and oxygen atoms in total. The minimum absolute atomic E-state index is 0.573. The minimum Gasteiger partial charge on any atom is -0.384 e. The molecule has 0 amide bonds. The van der Waals surface area contributed by atoms with Crippen LogP contribution in [0.15, 0.2) is 60.7 Å². The molecule has 0 spiro atoms. The minimum atomic E-state index is -0.573. The lowest BCUT2D eigenvalue weighted by molar-refractivity contribution is 0.229. The third-order valence-electron chi connectivity index (χ3n) is 3.02. The van der Waals surface area contributed by atoms with E-state index in [1.165, 1.54) is 0 Å². The summed E-state index contributed by atoms with van der Waals surface area (Å²) in [5.74, 6) is 0. The fourth-order valence-corrected chi connectivity index (χ4v) is 1.85. The second-order valence-corrected chi connectivity index (χ2v) is 4.70. The van der Waals surface area contributed by atoms with Crippen molar-refractivity contribution < 1.29 is 5.11 Å². The summed E-state index contributed by atoms with van der Waals surface area (Å²) >= 11 is 0. The van der Waals surface area contributed by atoms with Gasteiger partial charge in [0.1, 0.15) is 0 Å². The van der Waals surface area contributed by atoms with Gasteiger partial charge in [-0.05, 0) is 23.3 Å². The summed E-state index contributed by atoms with van der Waals surface area (Å²) in [5.41, 5.74) is 3.12. The molecule has 1 unspecified atom stereocenters. The third-order valence-corrected chi connectivity index (χ3v) is 3.02. The molecule has 0 bridgehead atoms. The van der Waals surface area contributed by atoms with E-state index in [0.717, 1.165) is 16.8 Å². The van der Waals surface area contributed by atoms with Crippen LogP contribution in [-0.2, 0) is 0 Å². The van der Waals surface area contributed by atoms with Crippen LogP contribution in [0.5, 0.6) is 0 Å². The zero-order chi connectivity index (χ0) is 13.7. The first kappa shape index (κ1) is 13.4. The Bertz CT molecular complexity index is 529. The number of anilines is 1. The second-order valence-electron chi connectivity index (χ2n) is 4.70. The van der Waals surface area contributed by atoms with Crippen molar-refractivity contribution >= 4 is 11.8 Å². The predicted molar refractivity (Wildman–Crippen MR) is 81.2 cm³/mol. The van der Waals surface area contributed by atoms with Crippen molar-refractivity contribution in [3.05, 3.63) is 71.8 Å². The maximum atomic E-state index is 10.1. The molecule has 0 saturated heterocycles. The molecule has 0 aliphatic rings. The van der Waals surface area contributed by atoms with Crippen LogP contribution in [0.1, 0.15) is 17.2 Å². The van der Waals surface area contributed by atoms with Crippen molar-refractivity contribution in [2.24, 2.45) is 0 Å². The maximum absolute atomic E-state index is 10.1. The van der Waals surface area contributed by atoms with E-state index >= 15 is 0 Å². The Balaban J connectivity index is 2.07. The lowest BCUT2D eigenvalue weighted by Gasteiger charge is -2.13. The Kier molecular flexibility index (Phi) is 4.37. The van der Waals surface area contributed by atoms with E-state index in [1.54, 1.807) is 6.08 Å². The molecule has 0 saturated carbocycles. The molecular weight excluding hydrogens is 234 g/mol. The first-order valence-electron chi connectivity index (χ1n) is 6.35. The fourth-order valence-electron chi connectivity index (χ4n) is 1.85. The van der Waals surface area contributed by atoms with Crippen LogP contribution >= 0.6 is 0 Å². The molecule has 0 heterocycles. The number of hydrogen-bond acceptors (Lipinski definition) is 2. The topological polar surface area (TPSA) is 23.5 Å².